The topological polar surface area (TPSA) is 27.0 Å². The summed E-state index contributed by atoms with van der Waals surface area (Å²) in [7, 11) is 0. The Bertz CT molecular complexity index is 140. The van der Waals surface area contributed by atoms with Crippen molar-refractivity contribution >= 4 is 11.8 Å². The van der Waals surface area contributed by atoms with E-state index >= 15 is 0 Å². The zero-order chi connectivity index (χ0) is 9.40. The lowest BCUT2D eigenvalue weighted by molar-refractivity contribution is 0.265. The summed E-state index contributed by atoms with van der Waals surface area (Å²) < 4.78 is 0. The molecule has 0 spiro atoms. The summed E-state index contributed by atoms with van der Waals surface area (Å²) in [4.78, 5) is 2.20. The van der Waals surface area contributed by atoms with Gasteiger partial charge in [-0.2, -0.15) is 17.0 Å². The van der Waals surface area contributed by atoms with Crippen molar-refractivity contribution in [2.75, 3.05) is 24.6 Å². The highest BCUT2D eigenvalue weighted by Crippen LogP contribution is 2.02. The van der Waals surface area contributed by atoms with Crippen LogP contribution in [0.5, 0.6) is 0 Å². The Morgan fingerprint density at radius 2 is 2.17 bits per heavy atom. The van der Waals surface area contributed by atoms with Crippen LogP contribution in [0.3, 0.4) is 0 Å². The molecule has 0 aliphatic rings. The van der Waals surface area contributed by atoms with Crippen LogP contribution in [0.15, 0.2) is 0 Å². The smallest absolute Gasteiger partial charge is 0.0868 e. The summed E-state index contributed by atoms with van der Waals surface area (Å²) in [6, 6.07) is 2.68. The molecule has 0 unspecified atom stereocenters. The predicted octanol–water partition coefficient (Wildman–Crippen LogP) is 1.97. The van der Waals surface area contributed by atoms with Gasteiger partial charge in [0.1, 0.15) is 0 Å². The third-order valence-electron chi connectivity index (χ3n) is 1.73. The molecule has 0 aromatic heterocycles. The highest BCUT2D eigenvalue weighted by Gasteiger charge is 2.06. The molecule has 0 bridgehead atoms. The first-order chi connectivity index (χ1) is 5.72. The fourth-order valence-corrected chi connectivity index (χ4v) is 1.59. The van der Waals surface area contributed by atoms with Crippen LogP contribution in [0.2, 0.25) is 0 Å². The van der Waals surface area contributed by atoms with Crippen molar-refractivity contribution in [2.24, 2.45) is 0 Å². The van der Waals surface area contributed by atoms with E-state index in [1.807, 2.05) is 11.8 Å². The quantitative estimate of drug-likeness (QED) is 0.469. The normalized spacial score (nSPS) is 10.7. The summed E-state index contributed by atoms with van der Waals surface area (Å²) in [5.41, 5.74) is 0. The molecule has 0 radical (unpaired) electrons. The third kappa shape index (κ3) is 5.45. The van der Waals surface area contributed by atoms with Gasteiger partial charge in [0, 0.05) is 18.3 Å². The van der Waals surface area contributed by atoms with Gasteiger partial charge in [-0.1, -0.05) is 6.92 Å². The monoisotopic (exact) mass is 186 g/mol. The first-order valence-corrected chi connectivity index (χ1v) is 5.56. The van der Waals surface area contributed by atoms with Crippen molar-refractivity contribution in [1.29, 1.82) is 5.26 Å². The minimum Gasteiger partial charge on any atom is -0.287 e. The molecule has 0 N–H and O–H groups in total. The zero-order valence-electron chi connectivity index (χ0n) is 8.21. The molecular weight excluding hydrogens is 168 g/mol. The summed E-state index contributed by atoms with van der Waals surface area (Å²) >= 11 is 1.93. The van der Waals surface area contributed by atoms with Gasteiger partial charge < -0.3 is 0 Å². The maximum absolute atomic E-state index is 8.54. The van der Waals surface area contributed by atoms with E-state index in [0.717, 1.165) is 12.3 Å². The fourth-order valence-electron chi connectivity index (χ4n) is 0.937. The van der Waals surface area contributed by atoms with E-state index < -0.39 is 0 Å². The molecular formula is C9H18N2S. The van der Waals surface area contributed by atoms with Crippen LogP contribution in [0, 0.1) is 11.3 Å². The van der Waals surface area contributed by atoms with Crippen LogP contribution in [0.4, 0.5) is 0 Å². The average molecular weight is 186 g/mol. The maximum Gasteiger partial charge on any atom is 0.0868 e. The van der Waals surface area contributed by atoms with Crippen LogP contribution in [0.25, 0.3) is 0 Å². The maximum atomic E-state index is 8.54. The van der Waals surface area contributed by atoms with E-state index in [9.17, 15) is 0 Å². The Morgan fingerprint density at radius 3 is 2.58 bits per heavy atom. The van der Waals surface area contributed by atoms with Crippen molar-refractivity contribution in [3.05, 3.63) is 0 Å². The van der Waals surface area contributed by atoms with Gasteiger partial charge in [0.05, 0.1) is 12.6 Å². The number of hydrogen-bond donors (Lipinski definition) is 0. The number of thioether (sulfide) groups is 1. The Hall–Kier alpha value is -0.200. The van der Waals surface area contributed by atoms with Crippen molar-refractivity contribution in [2.45, 2.75) is 26.8 Å². The van der Waals surface area contributed by atoms with Crippen LogP contribution in [-0.4, -0.2) is 35.5 Å². The lowest BCUT2D eigenvalue weighted by Gasteiger charge is -2.22. The second-order valence-electron chi connectivity index (χ2n) is 2.92. The summed E-state index contributed by atoms with van der Waals surface area (Å²) in [6.07, 6.45) is 0. The molecule has 70 valence electrons. The van der Waals surface area contributed by atoms with Gasteiger partial charge in [0.2, 0.25) is 0 Å². The fraction of sp³-hybridized carbons (Fsp3) is 0.889. The molecule has 0 aromatic carbocycles. The Kier molecular flexibility index (Phi) is 7.33. The molecule has 0 saturated heterocycles. The van der Waals surface area contributed by atoms with Gasteiger partial charge in [-0.25, -0.2) is 0 Å². The van der Waals surface area contributed by atoms with Gasteiger partial charge in [-0.3, -0.25) is 4.90 Å². The van der Waals surface area contributed by atoms with E-state index in [-0.39, 0.29) is 0 Å². The zero-order valence-corrected chi connectivity index (χ0v) is 9.02. The molecule has 0 aromatic rings. The molecule has 0 atom stereocenters. The standard InChI is InChI=1S/C9H18N2S/c1-4-12-8-7-11(6-5-10)9(2)3/h9H,4,6-8H2,1-3H3. The van der Waals surface area contributed by atoms with Crippen molar-refractivity contribution in [3.63, 3.8) is 0 Å². The number of nitrogens with zero attached hydrogens (tertiary/aromatic N) is 2. The summed E-state index contributed by atoms with van der Waals surface area (Å²) in [6.45, 7) is 8.02. The van der Waals surface area contributed by atoms with Crippen molar-refractivity contribution in [1.82, 2.24) is 4.90 Å². The van der Waals surface area contributed by atoms with Gasteiger partial charge in [0.15, 0.2) is 0 Å². The first kappa shape index (κ1) is 11.8. The van der Waals surface area contributed by atoms with E-state index in [4.69, 9.17) is 5.26 Å². The molecule has 0 heterocycles. The Morgan fingerprint density at radius 1 is 1.50 bits per heavy atom. The van der Waals surface area contributed by atoms with E-state index in [1.54, 1.807) is 0 Å². The number of rotatable bonds is 6. The molecule has 0 saturated carbocycles. The molecule has 12 heavy (non-hydrogen) atoms. The summed E-state index contributed by atoms with van der Waals surface area (Å²) in [5.74, 6) is 2.30. The second kappa shape index (κ2) is 7.45. The molecule has 0 amide bonds. The molecule has 3 heteroatoms. The van der Waals surface area contributed by atoms with E-state index in [1.165, 1.54) is 5.75 Å². The third-order valence-corrected chi connectivity index (χ3v) is 2.61. The van der Waals surface area contributed by atoms with Crippen LogP contribution in [-0.2, 0) is 0 Å². The van der Waals surface area contributed by atoms with Crippen molar-refractivity contribution in [3.8, 4) is 6.07 Å². The predicted molar refractivity (Wildman–Crippen MR) is 55.3 cm³/mol. The molecule has 0 fully saturated rings. The highest BCUT2D eigenvalue weighted by atomic mass is 32.2. The minimum atomic E-state index is 0.488. The summed E-state index contributed by atoms with van der Waals surface area (Å²) in [5, 5.41) is 8.54. The molecule has 0 aliphatic carbocycles. The van der Waals surface area contributed by atoms with Crippen molar-refractivity contribution < 1.29 is 0 Å². The number of nitriles is 1. The van der Waals surface area contributed by atoms with Gasteiger partial charge in [-0.15, -0.1) is 0 Å². The largest absolute Gasteiger partial charge is 0.287 e. The number of hydrogen-bond acceptors (Lipinski definition) is 3. The SMILES string of the molecule is CCSCCN(CC#N)C(C)C. The van der Waals surface area contributed by atoms with E-state index in [0.29, 0.717) is 12.6 Å². The van der Waals surface area contributed by atoms with Gasteiger partial charge in [0.25, 0.3) is 0 Å². The average Bonchev–Trinajstić information content (AvgIpc) is 2.03. The molecule has 0 aliphatic heterocycles. The van der Waals surface area contributed by atoms with E-state index in [2.05, 4.69) is 31.7 Å². The molecule has 0 rings (SSSR count). The lowest BCUT2D eigenvalue weighted by atomic mass is 10.3. The minimum absolute atomic E-state index is 0.488. The molecule has 2 nitrogen and oxygen atoms in total. The second-order valence-corrected chi connectivity index (χ2v) is 4.31. The van der Waals surface area contributed by atoms with Crippen LogP contribution < -0.4 is 0 Å². The van der Waals surface area contributed by atoms with Crippen LogP contribution >= 0.6 is 11.8 Å². The van der Waals surface area contributed by atoms with Gasteiger partial charge in [-0.05, 0) is 19.6 Å². The Balaban J connectivity index is 3.58. The lowest BCUT2D eigenvalue weighted by Crippen LogP contribution is -2.33. The highest BCUT2D eigenvalue weighted by molar-refractivity contribution is 7.99. The Labute approximate surface area is 79.9 Å². The van der Waals surface area contributed by atoms with Gasteiger partial charge >= 0.3 is 0 Å². The first-order valence-electron chi connectivity index (χ1n) is 4.41. The van der Waals surface area contributed by atoms with Crippen LogP contribution in [0.1, 0.15) is 20.8 Å².